The zero-order chi connectivity index (χ0) is 12.8. The molecule has 2 unspecified atom stereocenters. The van der Waals surface area contributed by atoms with Crippen LogP contribution in [0.2, 0.25) is 0 Å². The Morgan fingerprint density at radius 3 is 2.18 bits per heavy atom. The first-order chi connectivity index (χ1) is 8.04. The van der Waals surface area contributed by atoms with Crippen LogP contribution in [-0.2, 0) is 19.1 Å². The summed E-state index contributed by atoms with van der Waals surface area (Å²) in [5.41, 5.74) is 0.351. The molecule has 2 atom stereocenters. The predicted octanol–water partition coefficient (Wildman–Crippen LogP) is 2.15. The summed E-state index contributed by atoms with van der Waals surface area (Å²) in [7, 11) is 0. The van der Waals surface area contributed by atoms with Gasteiger partial charge in [-0.05, 0) is 32.6 Å². The van der Waals surface area contributed by atoms with Crippen LogP contribution in [0.1, 0.15) is 32.6 Å². The highest BCUT2D eigenvalue weighted by atomic mass is 16.6. The zero-order valence-corrected chi connectivity index (χ0v) is 10.1. The summed E-state index contributed by atoms with van der Waals surface area (Å²) in [4.78, 5) is 22.6. The molecule has 0 aromatic rings. The monoisotopic (exact) mass is 238 g/mol. The molecule has 1 aliphatic rings. The minimum absolute atomic E-state index is 0.351. The summed E-state index contributed by atoms with van der Waals surface area (Å²) < 4.78 is 10.4. The molecule has 0 aliphatic heterocycles. The van der Waals surface area contributed by atoms with Crippen LogP contribution in [0.5, 0.6) is 0 Å². The quantitative estimate of drug-likeness (QED) is 0.556. The molecule has 0 aromatic carbocycles. The lowest BCUT2D eigenvalue weighted by Crippen LogP contribution is -2.37. The van der Waals surface area contributed by atoms with Gasteiger partial charge in [-0.1, -0.05) is 13.2 Å². The lowest BCUT2D eigenvalue weighted by molar-refractivity contribution is -0.165. The summed E-state index contributed by atoms with van der Waals surface area (Å²) in [6, 6.07) is 0. The largest absolute Gasteiger partial charge is 0.455 e. The van der Waals surface area contributed by atoms with Crippen molar-refractivity contribution < 1.29 is 19.1 Å². The van der Waals surface area contributed by atoms with Crippen molar-refractivity contribution in [2.24, 2.45) is 0 Å². The molecule has 0 radical (unpaired) electrons. The topological polar surface area (TPSA) is 52.6 Å². The summed E-state index contributed by atoms with van der Waals surface area (Å²) in [5.74, 6) is -0.912. The Morgan fingerprint density at radius 2 is 1.71 bits per heavy atom. The third kappa shape index (κ3) is 4.06. The molecule has 1 rings (SSSR count). The first-order valence-corrected chi connectivity index (χ1v) is 5.74. The molecule has 1 fully saturated rings. The van der Waals surface area contributed by atoms with E-state index in [1.807, 2.05) is 0 Å². The number of carbonyl (C=O) groups is 2. The van der Waals surface area contributed by atoms with Gasteiger partial charge in [0.2, 0.25) is 0 Å². The molecule has 0 amide bonds. The molecule has 1 saturated carbocycles. The highest BCUT2D eigenvalue weighted by Crippen LogP contribution is 2.24. The Labute approximate surface area is 101 Å². The van der Waals surface area contributed by atoms with Crippen molar-refractivity contribution in [3.05, 3.63) is 24.8 Å². The smallest absolute Gasteiger partial charge is 0.333 e. The maximum atomic E-state index is 11.4. The second-order valence-electron chi connectivity index (χ2n) is 4.19. The molecule has 1 aliphatic carbocycles. The average Bonchev–Trinajstić information content (AvgIpc) is 2.31. The van der Waals surface area contributed by atoms with Crippen molar-refractivity contribution in [2.75, 3.05) is 0 Å². The molecule has 0 aromatic heterocycles. The van der Waals surface area contributed by atoms with Gasteiger partial charge in [-0.2, -0.15) is 0 Å². The molecule has 0 spiro atoms. The predicted molar refractivity (Wildman–Crippen MR) is 63.2 cm³/mol. The van der Waals surface area contributed by atoms with Crippen LogP contribution < -0.4 is 0 Å². The molecule has 0 heterocycles. The van der Waals surface area contributed by atoms with Crippen LogP contribution >= 0.6 is 0 Å². The fourth-order valence-corrected chi connectivity index (χ4v) is 1.77. The van der Waals surface area contributed by atoms with Gasteiger partial charge >= 0.3 is 11.9 Å². The molecule has 0 N–H and O–H groups in total. The van der Waals surface area contributed by atoms with Crippen molar-refractivity contribution in [3.63, 3.8) is 0 Å². The number of carbonyl (C=O) groups excluding carboxylic acids is 2. The van der Waals surface area contributed by atoms with E-state index in [-0.39, 0.29) is 12.2 Å². The second-order valence-corrected chi connectivity index (χ2v) is 4.19. The summed E-state index contributed by atoms with van der Waals surface area (Å²) >= 11 is 0. The summed E-state index contributed by atoms with van der Waals surface area (Å²) in [5, 5.41) is 0. The van der Waals surface area contributed by atoms with Crippen molar-refractivity contribution in [1.82, 2.24) is 0 Å². The van der Waals surface area contributed by atoms with E-state index in [1.165, 1.54) is 0 Å². The van der Waals surface area contributed by atoms with E-state index in [0.29, 0.717) is 18.4 Å². The van der Waals surface area contributed by atoms with Crippen LogP contribution in [0, 0.1) is 0 Å². The van der Waals surface area contributed by atoms with Crippen LogP contribution in [0.4, 0.5) is 0 Å². The highest BCUT2D eigenvalue weighted by molar-refractivity contribution is 5.87. The van der Waals surface area contributed by atoms with E-state index < -0.39 is 11.9 Å². The van der Waals surface area contributed by atoms with Crippen molar-refractivity contribution in [2.45, 2.75) is 44.8 Å². The normalized spacial score (nSPS) is 23.6. The van der Waals surface area contributed by atoms with Gasteiger partial charge in [0.25, 0.3) is 0 Å². The van der Waals surface area contributed by atoms with Crippen LogP contribution in [-0.4, -0.2) is 24.1 Å². The van der Waals surface area contributed by atoms with Crippen LogP contribution in [0.25, 0.3) is 0 Å². The van der Waals surface area contributed by atoms with E-state index in [9.17, 15) is 9.59 Å². The molecule has 17 heavy (non-hydrogen) atoms. The first-order valence-electron chi connectivity index (χ1n) is 5.74. The van der Waals surface area contributed by atoms with Crippen molar-refractivity contribution in [3.8, 4) is 0 Å². The van der Waals surface area contributed by atoms with Gasteiger partial charge in [0.1, 0.15) is 12.2 Å². The molecular weight excluding hydrogens is 220 g/mol. The lowest BCUT2D eigenvalue weighted by atomic mass is 9.94. The molecule has 4 heteroatoms. The van der Waals surface area contributed by atoms with E-state index in [1.54, 1.807) is 6.92 Å². The fourth-order valence-electron chi connectivity index (χ4n) is 1.77. The van der Waals surface area contributed by atoms with E-state index >= 15 is 0 Å². The molecular formula is C13H18O4. The number of esters is 2. The summed E-state index contributed by atoms with van der Waals surface area (Å²) in [6.07, 6.45) is 3.76. The average molecular weight is 238 g/mol. The Hall–Kier alpha value is -1.58. The Kier molecular flexibility index (Phi) is 4.94. The molecule has 0 saturated heterocycles. The minimum Gasteiger partial charge on any atom is -0.455 e. The summed E-state index contributed by atoms with van der Waals surface area (Å²) in [6.45, 7) is 8.46. The van der Waals surface area contributed by atoms with Crippen LogP contribution in [0.3, 0.4) is 0 Å². The lowest BCUT2D eigenvalue weighted by Gasteiger charge is -2.30. The number of hydrogen-bond donors (Lipinski definition) is 0. The highest BCUT2D eigenvalue weighted by Gasteiger charge is 2.30. The standard InChI is InChI=1S/C13H18O4/c1-4-12(14)16-10-7-5-6-8-11(10)17-13(15)9(2)3/h4,10-11H,1-2,5-8H2,3H3. The van der Waals surface area contributed by atoms with E-state index in [2.05, 4.69) is 13.2 Å². The molecule has 0 bridgehead atoms. The van der Waals surface area contributed by atoms with E-state index in [0.717, 1.165) is 18.9 Å². The number of ether oxygens (including phenoxy) is 2. The van der Waals surface area contributed by atoms with Gasteiger partial charge in [0, 0.05) is 11.6 Å². The first kappa shape index (κ1) is 13.5. The van der Waals surface area contributed by atoms with Gasteiger partial charge in [0.05, 0.1) is 0 Å². The Balaban J connectivity index is 2.59. The third-order valence-electron chi connectivity index (χ3n) is 2.68. The molecule has 94 valence electrons. The fraction of sp³-hybridized carbons (Fsp3) is 0.538. The van der Waals surface area contributed by atoms with Crippen LogP contribution in [0.15, 0.2) is 24.8 Å². The maximum Gasteiger partial charge on any atom is 0.333 e. The van der Waals surface area contributed by atoms with Crippen molar-refractivity contribution >= 4 is 11.9 Å². The minimum atomic E-state index is -0.478. The van der Waals surface area contributed by atoms with Gasteiger partial charge in [-0.15, -0.1) is 0 Å². The maximum absolute atomic E-state index is 11.4. The number of rotatable bonds is 4. The SMILES string of the molecule is C=CC(=O)OC1CCCCC1OC(=O)C(=C)C. The van der Waals surface area contributed by atoms with Gasteiger partial charge < -0.3 is 9.47 Å². The van der Waals surface area contributed by atoms with Gasteiger partial charge in [-0.3, -0.25) is 0 Å². The number of hydrogen-bond acceptors (Lipinski definition) is 4. The second kappa shape index (κ2) is 6.23. The van der Waals surface area contributed by atoms with Crippen molar-refractivity contribution in [1.29, 1.82) is 0 Å². The van der Waals surface area contributed by atoms with Gasteiger partial charge in [0.15, 0.2) is 0 Å². The Bertz CT molecular complexity index is 332. The zero-order valence-electron chi connectivity index (χ0n) is 10.1. The van der Waals surface area contributed by atoms with Gasteiger partial charge in [-0.25, -0.2) is 9.59 Å². The molecule has 4 nitrogen and oxygen atoms in total. The Morgan fingerprint density at radius 1 is 1.18 bits per heavy atom. The van der Waals surface area contributed by atoms with E-state index in [4.69, 9.17) is 9.47 Å². The third-order valence-corrected chi connectivity index (χ3v) is 2.68.